The van der Waals surface area contributed by atoms with Crippen LogP contribution in [-0.4, -0.2) is 32.8 Å². The number of aryl methyl sites for hydroxylation is 1. The van der Waals surface area contributed by atoms with Gasteiger partial charge in [-0.1, -0.05) is 42.0 Å². The van der Waals surface area contributed by atoms with Crippen LogP contribution in [0.25, 0.3) is 27.8 Å². The van der Waals surface area contributed by atoms with Gasteiger partial charge in [-0.25, -0.2) is 9.73 Å². The highest BCUT2D eigenvalue weighted by Crippen LogP contribution is 2.24. The molecule has 2 aromatic heterocycles. The first-order chi connectivity index (χ1) is 16.0. The molecule has 5 rings (SSSR count). The molecule has 3 aromatic carbocycles. The summed E-state index contributed by atoms with van der Waals surface area (Å²) in [5, 5.41) is 10.6. The number of nitrogens with zero attached hydrogens (tertiary/aromatic N) is 3. The molecule has 0 bridgehead atoms. The average molecular weight is 439 g/mol. The van der Waals surface area contributed by atoms with E-state index in [4.69, 9.17) is 4.74 Å². The summed E-state index contributed by atoms with van der Waals surface area (Å²) in [6.45, 7) is 2.30. The second-order valence-electron chi connectivity index (χ2n) is 7.73. The molecule has 8 nitrogen and oxygen atoms in total. The van der Waals surface area contributed by atoms with Crippen molar-refractivity contribution in [2.24, 2.45) is 0 Å². The summed E-state index contributed by atoms with van der Waals surface area (Å²) in [5.74, 6) is 0.441. The summed E-state index contributed by atoms with van der Waals surface area (Å²) >= 11 is 0. The lowest BCUT2D eigenvalue weighted by atomic mass is 10.1. The van der Waals surface area contributed by atoms with Crippen LogP contribution in [0.15, 0.2) is 71.5 Å². The molecule has 0 saturated heterocycles. The summed E-state index contributed by atoms with van der Waals surface area (Å²) in [6, 6.07) is 20.2. The number of benzene rings is 3. The minimum atomic E-state index is -0.374. The van der Waals surface area contributed by atoms with Crippen molar-refractivity contribution in [1.82, 2.24) is 25.1 Å². The Morgan fingerprint density at radius 3 is 2.76 bits per heavy atom. The standard InChI is InChI=1S/C25H21N5O3/c1-15-6-5-8-16(12-15)22-23-27-25(32)19-11-10-17(13-20(19)30(23)29-28-22)24(31)26-14-18-7-3-4-9-21(18)33-2/h3-13,29H,14H2,1-2H3,(H,26,31). The van der Waals surface area contributed by atoms with Crippen molar-refractivity contribution >= 4 is 22.5 Å². The third kappa shape index (κ3) is 3.71. The number of H-pyrrole nitrogens is 1. The number of carbonyl (C=O) groups excluding carboxylic acids is 1. The Morgan fingerprint density at radius 1 is 1.09 bits per heavy atom. The van der Waals surface area contributed by atoms with Crippen LogP contribution in [0.5, 0.6) is 5.75 Å². The van der Waals surface area contributed by atoms with Gasteiger partial charge in [0.2, 0.25) is 0 Å². The van der Waals surface area contributed by atoms with E-state index < -0.39 is 0 Å². The van der Waals surface area contributed by atoms with E-state index in [2.05, 4.69) is 20.6 Å². The highest BCUT2D eigenvalue weighted by atomic mass is 16.5. The SMILES string of the molecule is COc1ccccc1CNC(=O)c1ccc2c(=O)nc3c(-c4cccc(C)c4)n[nH]n3c2c1. The number of methoxy groups -OCH3 is 1. The summed E-state index contributed by atoms with van der Waals surface area (Å²) in [5.41, 5.74) is 4.35. The summed E-state index contributed by atoms with van der Waals surface area (Å²) in [6.07, 6.45) is 0. The quantitative estimate of drug-likeness (QED) is 0.437. The van der Waals surface area contributed by atoms with Crippen molar-refractivity contribution in [2.45, 2.75) is 13.5 Å². The first-order valence-electron chi connectivity index (χ1n) is 10.4. The number of hydrogen-bond acceptors (Lipinski definition) is 5. The smallest absolute Gasteiger partial charge is 0.281 e. The Bertz CT molecular complexity index is 1570. The average Bonchev–Trinajstić information content (AvgIpc) is 3.26. The molecule has 0 aliphatic rings. The maximum atomic E-state index is 12.9. The Kier molecular flexibility index (Phi) is 5.10. The number of para-hydroxylation sites is 1. The number of ether oxygens (including phenoxy) is 1. The first-order valence-corrected chi connectivity index (χ1v) is 10.4. The van der Waals surface area contributed by atoms with Gasteiger partial charge in [0.05, 0.1) is 18.0 Å². The van der Waals surface area contributed by atoms with E-state index in [-0.39, 0.29) is 11.5 Å². The lowest BCUT2D eigenvalue weighted by Crippen LogP contribution is -2.23. The van der Waals surface area contributed by atoms with Crippen LogP contribution in [0.1, 0.15) is 21.5 Å². The molecule has 1 amide bonds. The topological polar surface area (TPSA) is 101 Å². The molecule has 0 saturated carbocycles. The van der Waals surface area contributed by atoms with Crippen LogP contribution in [0.4, 0.5) is 0 Å². The molecule has 0 aliphatic heterocycles. The molecule has 2 N–H and O–H groups in total. The van der Waals surface area contributed by atoms with Gasteiger partial charge in [0.1, 0.15) is 11.4 Å². The van der Waals surface area contributed by atoms with Crippen LogP contribution < -0.4 is 15.6 Å². The zero-order valence-corrected chi connectivity index (χ0v) is 18.1. The third-order valence-corrected chi connectivity index (χ3v) is 5.55. The molecule has 0 spiro atoms. The summed E-state index contributed by atoms with van der Waals surface area (Å²) < 4.78 is 6.97. The maximum absolute atomic E-state index is 12.9. The van der Waals surface area contributed by atoms with Crippen LogP contribution in [0.2, 0.25) is 0 Å². The molecule has 8 heteroatoms. The Morgan fingerprint density at radius 2 is 1.94 bits per heavy atom. The van der Waals surface area contributed by atoms with Crippen LogP contribution in [0, 0.1) is 6.92 Å². The zero-order chi connectivity index (χ0) is 22.9. The number of aromatic nitrogens is 4. The van der Waals surface area contributed by atoms with E-state index in [0.717, 1.165) is 16.7 Å². The number of carbonyl (C=O) groups is 1. The van der Waals surface area contributed by atoms with Crippen molar-refractivity contribution in [1.29, 1.82) is 0 Å². The number of amides is 1. The van der Waals surface area contributed by atoms with Gasteiger partial charge in [-0.2, -0.15) is 10.1 Å². The number of nitrogens with one attached hydrogen (secondary N) is 2. The van der Waals surface area contributed by atoms with E-state index >= 15 is 0 Å². The summed E-state index contributed by atoms with van der Waals surface area (Å²) in [4.78, 5) is 29.8. The lowest BCUT2D eigenvalue weighted by Gasteiger charge is -2.10. The first kappa shape index (κ1) is 20.4. The van der Waals surface area contributed by atoms with Crippen molar-refractivity contribution < 1.29 is 9.53 Å². The molecule has 0 aliphatic carbocycles. The Balaban J connectivity index is 1.53. The van der Waals surface area contributed by atoms with Gasteiger partial charge >= 0.3 is 0 Å². The van der Waals surface area contributed by atoms with E-state index in [9.17, 15) is 9.59 Å². The second-order valence-corrected chi connectivity index (χ2v) is 7.73. The number of fused-ring (bicyclic) bond motifs is 3. The minimum absolute atomic E-state index is 0.265. The molecule has 0 radical (unpaired) electrons. The Labute approximate surface area is 188 Å². The van der Waals surface area contributed by atoms with Crippen molar-refractivity contribution in [2.75, 3.05) is 7.11 Å². The molecule has 2 heterocycles. The Hall–Kier alpha value is -4.46. The molecule has 33 heavy (non-hydrogen) atoms. The van der Waals surface area contributed by atoms with E-state index in [1.165, 1.54) is 0 Å². The number of aromatic amines is 1. The molecule has 0 fully saturated rings. The molecular weight excluding hydrogens is 418 g/mol. The number of rotatable bonds is 5. The predicted molar refractivity (Wildman–Crippen MR) is 125 cm³/mol. The van der Waals surface area contributed by atoms with E-state index in [0.29, 0.717) is 40.1 Å². The third-order valence-electron chi connectivity index (χ3n) is 5.55. The van der Waals surface area contributed by atoms with Gasteiger partial charge in [-0.05, 0) is 37.3 Å². The fourth-order valence-electron chi connectivity index (χ4n) is 3.88. The minimum Gasteiger partial charge on any atom is -0.496 e. The molecule has 5 aromatic rings. The molecule has 0 unspecified atom stereocenters. The lowest BCUT2D eigenvalue weighted by molar-refractivity contribution is 0.0951. The molecule has 164 valence electrons. The van der Waals surface area contributed by atoms with Gasteiger partial charge in [-0.15, -0.1) is 0 Å². The molecule has 0 atom stereocenters. The van der Waals surface area contributed by atoms with Crippen molar-refractivity contribution in [3.8, 4) is 17.0 Å². The fourth-order valence-corrected chi connectivity index (χ4v) is 3.88. The highest BCUT2D eigenvalue weighted by Gasteiger charge is 2.16. The maximum Gasteiger partial charge on any atom is 0.281 e. The normalized spacial score (nSPS) is 11.1. The van der Waals surface area contributed by atoms with Crippen LogP contribution in [-0.2, 0) is 6.54 Å². The summed E-state index contributed by atoms with van der Waals surface area (Å²) in [7, 11) is 1.59. The highest BCUT2D eigenvalue weighted by molar-refractivity contribution is 5.98. The monoisotopic (exact) mass is 439 g/mol. The number of hydrogen-bond donors (Lipinski definition) is 2. The zero-order valence-electron chi connectivity index (χ0n) is 18.1. The second kappa shape index (κ2) is 8.23. The fraction of sp³-hybridized carbons (Fsp3) is 0.120. The molecular formula is C25H21N5O3. The van der Waals surface area contributed by atoms with Gasteiger partial charge in [0.15, 0.2) is 5.65 Å². The van der Waals surface area contributed by atoms with Crippen LogP contribution in [0.3, 0.4) is 0 Å². The van der Waals surface area contributed by atoms with Crippen LogP contribution >= 0.6 is 0 Å². The van der Waals surface area contributed by atoms with Crippen molar-refractivity contribution in [3.05, 3.63) is 93.8 Å². The van der Waals surface area contributed by atoms with Gasteiger partial charge in [-0.3, -0.25) is 9.59 Å². The van der Waals surface area contributed by atoms with Gasteiger partial charge < -0.3 is 10.1 Å². The van der Waals surface area contributed by atoms with E-state index in [1.54, 1.807) is 29.8 Å². The van der Waals surface area contributed by atoms with Gasteiger partial charge in [0.25, 0.3) is 11.5 Å². The largest absolute Gasteiger partial charge is 0.496 e. The van der Waals surface area contributed by atoms with Crippen molar-refractivity contribution in [3.63, 3.8) is 0 Å². The van der Waals surface area contributed by atoms with Gasteiger partial charge in [0, 0.05) is 23.2 Å². The van der Waals surface area contributed by atoms with E-state index in [1.807, 2.05) is 55.5 Å². The predicted octanol–water partition coefficient (Wildman–Crippen LogP) is 3.48.